The van der Waals surface area contributed by atoms with Crippen LogP contribution < -0.4 is 0 Å². The van der Waals surface area contributed by atoms with E-state index in [9.17, 15) is 22.8 Å². The lowest BCUT2D eigenvalue weighted by molar-refractivity contribution is -0.277. The van der Waals surface area contributed by atoms with E-state index in [1.807, 2.05) is 6.92 Å². The molecular formula is C25H29F3O5. The largest absolute Gasteiger partial charge is 0.466 e. The Morgan fingerprint density at radius 3 is 2.27 bits per heavy atom. The van der Waals surface area contributed by atoms with Gasteiger partial charge >= 0.3 is 18.1 Å². The van der Waals surface area contributed by atoms with Crippen molar-refractivity contribution < 1.29 is 37.0 Å². The molecule has 0 bridgehead atoms. The SMILES string of the molecule is CCCCC[C@@H](OC(=O)[C@@](OC)(c1ccccc1)C(F)(F)F)C1=CC=CC=C(C(=O)OC)C1. The number of carbonyl (C=O) groups is 2. The number of ether oxygens (including phenoxy) is 3. The van der Waals surface area contributed by atoms with Gasteiger partial charge in [0, 0.05) is 24.7 Å². The van der Waals surface area contributed by atoms with Crippen molar-refractivity contribution in [3.05, 3.63) is 71.3 Å². The molecule has 1 aliphatic rings. The number of unbranched alkanes of at least 4 members (excludes halogenated alkanes) is 2. The van der Waals surface area contributed by atoms with Crippen molar-refractivity contribution in [3.63, 3.8) is 0 Å². The molecule has 0 saturated heterocycles. The third-order valence-electron chi connectivity index (χ3n) is 5.47. The first-order valence-corrected chi connectivity index (χ1v) is 10.7. The van der Waals surface area contributed by atoms with E-state index in [0.29, 0.717) is 24.0 Å². The molecule has 33 heavy (non-hydrogen) atoms. The van der Waals surface area contributed by atoms with E-state index in [1.165, 1.54) is 31.4 Å². The molecule has 0 aliphatic heterocycles. The van der Waals surface area contributed by atoms with Crippen LogP contribution in [0.2, 0.25) is 0 Å². The average molecular weight is 466 g/mol. The number of carbonyl (C=O) groups excluding carboxylic acids is 2. The highest BCUT2D eigenvalue weighted by Gasteiger charge is 2.64. The summed E-state index contributed by atoms with van der Waals surface area (Å²) < 4.78 is 58.0. The zero-order valence-corrected chi connectivity index (χ0v) is 19.0. The molecule has 8 heteroatoms. The van der Waals surface area contributed by atoms with Gasteiger partial charge in [-0.2, -0.15) is 13.2 Å². The van der Waals surface area contributed by atoms with Gasteiger partial charge in [-0.1, -0.05) is 74.4 Å². The molecule has 0 fully saturated rings. The molecule has 2 atom stereocenters. The maximum absolute atomic E-state index is 14.3. The standard InChI is InChI=1S/C25H29F3O5/c1-4-5-7-16-21(18-12-10-11-13-19(17-18)22(29)31-2)33-23(30)24(32-3,25(26,27)28)20-14-8-6-9-15-20/h6,8-15,21H,4-5,7,16-17H2,1-3H3/t21-,24+/m1/s1. The Kier molecular flexibility index (Phi) is 9.46. The van der Waals surface area contributed by atoms with Gasteiger partial charge in [0.1, 0.15) is 6.10 Å². The van der Waals surface area contributed by atoms with Gasteiger partial charge in [-0.05, 0) is 18.4 Å². The van der Waals surface area contributed by atoms with Crippen LogP contribution in [0.1, 0.15) is 44.6 Å². The molecule has 0 radical (unpaired) electrons. The summed E-state index contributed by atoms with van der Waals surface area (Å²) in [5.41, 5.74) is -2.84. The second-order valence-corrected chi connectivity index (χ2v) is 7.63. The van der Waals surface area contributed by atoms with E-state index in [4.69, 9.17) is 14.2 Å². The van der Waals surface area contributed by atoms with Crippen LogP contribution in [-0.2, 0) is 29.4 Å². The Hall–Kier alpha value is -2.87. The summed E-state index contributed by atoms with van der Waals surface area (Å²) in [6.45, 7) is 1.99. The lowest BCUT2D eigenvalue weighted by Gasteiger charge is -2.34. The predicted octanol–water partition coefficient (Wildman–Crippen LogP) is 5.57. The Bertz CT molecular complexity index is 902. The quantitative estimate of drug-likeness (QED) is 0.333. The Morgan fingerprint density at radius 1 is 1.03 bits per heavy atom. The van der Waals surface area contributed by atoms with E-state index in [1.54, 1.807) is 30.4 Å². The van der Waals surface area contributed by atoms with Crippen LogP contribution in [0.3, 0.4) is 0 Å². The molecular weight excluding hydrogens is 437 g/mol. The van der Waals surface area contributed by atoms with Crippen molar-refractivity contribution in [2.24, 2.45) is 0 Å². The van der Waals surface area contributed by atoms with E-state index in [2.05, 4.69) is 0 Å². The van der Waals surface area contributed by atoms with Gasteiger partial charge in [0.25, 0.3) is 5.60 Å². The molecule has 0 saturated carbocycles. The molecule has 0 N–H and O–H groups in total. The summed E-state index contributed by atoms with van der Waals surface area (Å²) in [4.78, 5) is 25.2. The van der Waals surface area contributed by atoms with Gasteiger partial charge in [-0.3, -0.25) is 0 Å². The van der Waals surface area contributed by atoms with E-state index in [0.717, 1.165) is 20.0 Å². The molecule has 5 nitrogen and oxygen atoms in total. The molecule has 0 amide bonds. The third kappa shape index (κ3) is 6.13. The highest BCUT2D eigenvalue weighted by Crippen LogP contribution is 2.43. The summed E-state index contributed by atoms with van der Waals surface area (Å²) in [5, 5.41) is 0. The number of hydrogen-bond donors (Lipinski definition) is 0. The highest BCUT2D eigenvalue weighted by atomic mass is 19.4. The molecule has 0 aromatic heterocycles. The van der Waals surface area contributed by atoms with Crippen molar-refractivity contribution in [1.29, 1.82) is 0 Å². The Labute approximate surface area is 191 Å². The fourth-order valence-corrected chi connectivity index (χ4v) is 3.68. The summed E-state index contributed by atoms with van der Waals surface area (Å²) in [5.74, 6) is -2.11. The van der Waals surface area contributed by atoms with Gasteiger partial charge in [0.15, 0.2) is 0 Å². The first-order chi connectivity index (χ1) is 15.7. The number of esters is 2. The zero-order valence-electron chi connectivity index (χ0n) is 19.0. The smallest absolute Gasteiger partial charge is 0.432 e. The molecule has 180 valence electrons. The Balaban J connectivity index is 2.43. The zero-order chi connectivity index (χ0) is 24.5. The number of methoxy groups -OCH3 is 2. The number of hydrogen-bond acceptors (Lipinski definition) is 5. The third-order valence-corrected chi connectivity index (χ3v) is 5.47. The number of rotatable bonds is 10. The monoisotopic (exact) mass is 466 g/mol. The second kappa shape index (κ2) is 11.8. The number of halogens is 3. The fraction of sp³-hybridized carbons (Fsp3) is 0.440. The minimum absolute atomic E-state index is 0.0844. The van der Waals surface area contributed by atoms with Gasteiger partial charge in [-0.25, -0.2) is 9.59 Å². The molecule has 0 heterocycles. The van der Waals surface area contributed by atoms with Gasteiger partial charge in [-0.15, -0.1) is 0 Å². The maximum Gasteiger partial charge on any atom is 0.432 e. The number of allylic oxidation sites excluding steroid dienone is 4. The lowest BCUT2D eigenvalue weighted by atomic mass is 9.92. The van der Waals surface area contributed by atoms with Crippen LogP contribution in [0.15, 0.2) is 65.8 Å². The summed E-state index contributed by atoms with van der Waals surface area (Å²) in [6.07, 6.45) is 3.17. The maximum atomic E-state index is 14.3. The second-order valence-electron chi connectivity index (χ2n) is 7.63. The lowest BCUT2D eigenvalue weighted by Crippen LogP contribution is -2.52. The normalized spacial score (nSPS) is 16.7. The topological polar surface area (TPSA) is 61.8 Å². The van der Waals surface area contributed by atoms with E-state index >= 15 is 0 Å². The average Bonchev–Trinajstić information content (AvgIpc) is 3.05. The van der Waals surface area contributed by atoms with Crippen LogP contribution in [-0.4, -0.2) is 38.4 Å². The van der Waals surface area contributed by atoms with Crippen molar-refractivity contribution in [2.75, 3.05) is 14.2 Å². The molecule has 1 aromatic carbocycles. The van der Waals surface area contributed by atoms with Crippen LogP contribution in [0.4, 0.5) is 13.2 Å². The predicted molar refractivity (Wildman–Crippen MR) is 117 cm³/mol. The van der Waals surface area contributed by atoms with Crippen molar-refractivity contribution in [1.82, 2.24) is 0 Å². The minimum Gasteiger partial charge on any atom is -0.466 e. The molecule has 0 unspecified atom stereocenters. The van der Waals surface area contributed by atoms with Crippen molar-refractivity contribution >= 4 is 11.9 Å². The van der Waals surface area contributed by atoms with Gasteiger partial charge in [0.05, 0.1) is 7.11 Å². The highest BCUT2D eigenvalue weighted by molar-refractivity contribution is 5.89. The molecule has 0 spiro atoms. The number of benzene rings is 1. The van der Waals surface area contributed by atoms with Crippen LogP contribution in [0.5, 0.6) is 0 Å². The first-order valence-electron chi connectivity index (χ1n) is 10.7. The van der Waals surface area contributed by atoms with E-state index < -0.39 is 29.8 Å². The summed E-state index contributed by atoms with van der Waals surface area (Å²) in [6, 6.07) is 6.69. The van der Waals surface area contributed by atoms with E-state index in [-0.39, 0.29) is 12.0 Å². The molecule has 1 aromatic rings. The molecule has 2 rings (SSSR count). The molecule has 1 aliphatic carbocycles. The van der Waals surface area contributed by atoms with Crippen LogP contribution >= 0.6 is 0 Å². The van der Waals surface area contributed by atoms with Crippen molar-refractivity contribution in [2.45, 2.75) is 56.9 Å². The summed E-state index contributed by atoms with van der Waals surface area (Å²) >= 11 is 0. The van der Waals surface area contributed by atoms with Crippen molar-refractivity contribution in [3.8, 4) is 0 Å². The minimum atomic E-state index is -5.07. The van der Waals surface area contributed by atoms with Gasteiger partial charge in [0.2, 0.25) is 0 Å². The van der Waals surface area contributed by atoms with Crippen LogP contribution in [0.25, 0.3) is 0 Å². The van der Waals surface area contributed by atoms with Crippen LogP contribution in [0, 0.1) is 0 Å². The fourth-order valence-electron chi connectivity index (χ4n) is 3.68. The first kappa shape index (κ1) is 26.4. The number of alkyl halides is 3. The van der Waals surface area contributed by atoms with Gasteiger partial charge < -0.3 is 14.2 Å². The summed E-state index contributed by atoms with van der Waals surface area (Å²) in [7, 11) is 2.08. The Morgan fingerprint density at radius 2 is 1.70 bits per heavy atom.